The number of hydrogen-bond donors (Lipinski definition) is 1. The first-order chi connectivity index (χ1) is 11.9. The molecule has 0 radical (unpaired) electrons. The minimum absolute atomic E-state index is 0.283. The van der Waals surface area contributed by atoms with Gasteiger partial charge in [0.1, 0.15) is 0 Å². The molecule has 0 atom stereocenters. The molecular weight excluding hydrogens is 314 g/mol. The highest BCUT2D eigenvalue weighted by Gasteiger charge is 2.17. The van der Waals surface area contributed by atoms with Gasteiger partial charge >= 0.3 is 0 Å². The summed E-state index contributed by atoms with van der Waals surface area (Å²) >= 11 is 0. The Hall–Kier alpha value is -2.81. The fraction of sp³-hybridized carbons (Fsp3) is 0.421. The fourth-order valence-corrected chi connectivity index (χ4v) is 3.02. The van der Waals surface area contributed by atoms with Crippen LogP contribution in [0.4, 0.5) is 5.82 Å². The van der Waals surface area contributed by atoms with Crippen LogP contribution in [0.1, 0.15) is 33.5 Å². The zero-order valence-corrected chi connectivity index (χ0v) is 15.2. The molecule has 0 aromatic carbocycles. The lowest BCUT2D eigenvalue weighted by molar-refractivity contribution is 0.369. The number of imidazole rings is 1. The second-order valence-corrected chi connectivity index (χ2v) is 6.86. The summed E-state index contributed by atoms with van der Waals surface area (Å²) in [6, 6.07) is 3.67. The summed E-state index contributed by atoms with van der Waals surface area (Å²) in [6.45, 7) is 8.70. The van der Waals surface area contributed by atoms with Crippen LogP contribution < -0.4 is 5.73 Å². The van der Waals surface area contributed by atoms with Gasteiger partial charge in [-0.15, -0.1) is 0 Å². The van der Waals surface area contributed by atoms with Crippen molar-refractivity contribution in [1.82, 2.24) is 19.5 Å². The van der Waals surface area contributed by atoms with Gasteiger partial charge in [-0.2, -0.15) is 0 Å². The second kappa shape index (κ2) is 6.60. The van der Waals surface area contributed by atoms with Crippen molar-refractivity contribution in [2.75, 3.05) is 5.73 Å². The number of furan rings is 1. The first-order valence-electron chi connectivity index (χ1n) is 8.43. The Bertz CT molecular complexity index is 934. The zero-order chi connectivity index (χ0) is 18.1. The van der Waals surface area contributed by atoms with E-state index in [2.05, 4.69) is 54.5 Å². The molecule has 0 spiro atoms. The van der Waals surface area contributed by atoms with Gasteiger partial charge in [-0.25, -0.2) is 15.0 Å². The Morgan fingerprint density at radius 2 is 1.84 bits per heavy atom. The molecule has 6 heteroatoms. The predicted octanol–water partition coefficient (Wildman–Crippen LogP) is 3.49. The molecule has 0 aliphatic rings. The smallest absolute Gasteiger partial charge is 0.208 e. The maximum atomic E-state index is 6.09. The van der Waals surface area contributed by atoms with Crippen LogP contribution in [0, 0.1) is 29.6 Å². The SMILES string of the molecule is CC(C)C(C#Cc1nc(N)c2nc(-c3ccco3)n(C)c2n1)C(C)C. The molecule has 0 saturated carbocycles. The summed E-state index contributed by atoms with van der Waals surface area (Å²) in [7, 11) is 1.88. The number of nitrogens with zero attached hydrogens (tertiary/aromatic N) is 4. The number of hydrogen-bond acceptors (Lipinski definition) is 5. The third-order valence-corrected chi connectivity index (χ3v) is 4.27. The number of aryl methyl sites for hydroxylation is 1. The number of anilines is 1. The van der Waals surface area contributed by atoms with Gasteiger partial charge in [0.05, 0.1) is 6.26 Å². The average Bonchev–Trinajstić information content (AvgIpc) is 3.16. The summed E-state index contributed by atoms with van der Waals surface area (Å²) in [6.07, 6.45) is 1.61. The monoisotopic (exact) mass is 337 g/mol. The topological polar surface area (TPSA) is 82.8 Å². The first-order valence-corrected chi connectivity index (χ1v) is 8.43. The third-order valence-electron chi connectivity index (χ3n) is 4.27. The highest BCUT2D eigenvalue weighted by atomic mass is 16.3. The lowest BCUT2D eigenvalue weighted by Gasteiger charge is -2.18. The molecule has 0 amide bonds. The standard InChI is InChI=1S/C19H23N5O/c1-11(2)13(12(3)4)8-9-15-21-17(20)16-19(22-15)24(5)18(23-16)14-7-6-10-25-14/h6-7,10-13H,1-5H3,(H2,20,21,22). The van der Waals surface area contributed by atoms with E-state index in [1.54, 1.807) is 6.26 Å². The van der Waals surface area contributed by atoms with E-state index in [4.69, 9.17) is 10.2 Å². The largest absolute Gasteiger partial charge is 0.461 e. The summed E-state index contributed by atoms with van der Waals surface area (Å²) in [4.78, 5) is 13.4. The molecule has 0 bridgehead atoms. The van der Waals surface area contributed by atoms with Gasteiger partial charge in [-0.1, -0.05) is 33.6 Å². The second-order valence-electron chi connectivity index (χ2n) is 6.86. The summed E-state index contributed by atoms with van der Waals surface area (Å²) in [5, 5.41) is 0. The van der Waals surface area contributed by atoms with Gasteiger partial charge in [0.15, 0.2) is 28.6 Å². The summed E-state index contributed by atoms with van der Waals surface area (Å²) in [5.41, 5.74) is 7.30. The number of nitrogens with two attached hydrogens (primary N) is 1. The van der Waals surface area contributed by atoms with Gasteiger partial charge in [-0.3, -0.25) is 0 Å². The molecular formula is C19H23N5O. The fourth-order valence-electron chi connectivity index (χ4n) is 3.02. The van der Waals surface area contributed by atoms with Crippen molar-refractivity contribution < 1.29 is 4.42 Å². The van der Waals surface area contributed by atoms with Gasteiger partial charge < -0.3 is 14.7 Å². The average molecular weight is 337 g/mol. The van der Waals surface area contributed by atoms with E-state index in [1.807, 2.05) is 23.7 Å². The molecule has 25 heavy (non-hydrogen) atoms. The predicted molar refractivity (Wildman–Crippen MR) is 98.5 cm³/mol. The van der Waals surface area contributed by atoms with Crippen LogP contribution in [0.15, 0.2) is 22.8 Å². The minimum Gasteiger partial charge on any atom is -0.461 e. The quantitative estimate of drug-likeness (QED) is 0.740. The van der Waals surface area contributed by atoms with Gasteiger partial charge in [0, 0.05) is 13.0 Å². The van der Waals surface area contributed by atoms with E-state index >= 15 is 0 Å². The van der Waals surface area contributed by atoms with Crippen LogP contribution in [0.3, 0.4) is 0 Å². The Balaban J connectivity index is 2.07. The van der Waals surface area contributed by atoms with E-state index in [1.165, 1.54) is 0 Å². The normalized spacial score (nSPS) is 11.5. The van der Waals surface area contributed by atoms with Crippen molar-refractivity contribution in [3.63, 3.8) is 0 Å². The number of rotatable bonds is 3. The molecule has 130 valence electrons. The van der Waals surface area contributed by atoms with E-state index < -0.39 is 0 Å². The number of fused-ring (bicyclic) bond motifs is 1. The Kier molecular flexibility index (Phi) is 4.49. The van der Waals surface area contributed by atoms with Gasteiger partial charge in [-0.05, 0) is 29.9 Å². The Labute approximate surface area is 147 Å². The number of nitrogen functional groups attached to an aromatic ring is 1. The van der Waals surface area contributed by atoms with Gasteiger partial charge in [0.2, 0.25) is 5.82 Å². The van der Waals surface area contributed by atoms with E-state index in [-0.39, 0.29) is 5.92 Å². The third kappa shape index (κ3) is 3.22. The molecule has 3 rings (SSSR count). The summed E-state index contributed by atoms with van der Waals surface area (Å²) in [5.74, 6) is 9.69. The number of aromatic nitrogens is 4. The van der Waals surface area contributed by atoms with Crippen LogP contribution in [0.5, 0.6) is 0 Å². The first kappa shape index (κ1) is 17.0. The minimum atomic E-state index is 0.283. The lowest BCUT2D eigenvalue weighted by Crippen LogP contribution is -2.13. The van der Waals surface area contributed by atoms with E-state index in [0.29, 0.717) is 46.2 Å². The highest BCUT2D eigenvalue weighted by molar-refractivity contribution is 5.85. The molecule has 2 N–H and O–H groups in total. The van der Waals surface area contributed by atoms with Crippen molar-refractivity contribution in [3.05, 3.63) is 24.2 Å². The zero-order valence-electron chi connectivity index (χ0n) is 15.2. The van der Waals surface area contributed by atoms with Crippen molar-refractivity contribution >= 4 is 17.0 Å². The molecule has 6 nitrogen and oxygen atoms in total. The molecule has 0 unspecified atom stereocenters. The summed E-state index contributed by atoms with van der Waals surface area (Å²) < 4.78 is 7.28. The molecule has 3 heterocycles. The van der Waals surface area contributed by atoms with Gasteiger partial charge in [0.25, 0.3) is 0 Å². The van der Waals surface area contributed by atoms with E-state index in [9.17, 15) is 0 Å². The van der Waals surface area contributed by atoms with Crippen molar-refractivity contribution in [2.45, 2.75) is 27.7 Å². The van der Waals surface area contributed by atoms with Crippen LogP contribution in [-0.2, 0) is 7.05 Å². The molecule has 0 aliphatic heterocycles. The van der Waals surface area contributed by atoms with Crippen molar-refractivity contribution in [1.29, 1.82) is 0 Å². The maximum absolute atomic E-state index is 6.09. The highest BCUT2D eigenvalue weighted by Crippen LogP contribution is 2.25. The lowest BCUT2D eigenvalue weighted by atomic mass is 9.86. The molecule has 3 aromatic rings. The maximum Gasteiger partial charge on any atom is 0.208 e. The van der Waals surface area contributed by atoms with Crippen LogP contribution in [0.25, 0.3) is 22.7 Å². The molecule has 3 aromatic heterocycles. The van der Waals surface area contributed by atoms with Crippen molar-refractivity contribution in [2.24, 2.45) is 24.8 Å². The van der Waals surface area contributed by atoms with Crippen LogP contribution in [-0.4, -0.2) is 19.5 Å². The Morgan fingerprint density at radius 1 is 1.12 bits per heavy atom. The molecule has 0 fully saturated rings. The van der Waals surface area contributed by atoms with E-state index in [0.717, 1.165) is 0 Å². The molecule has 0 saturated heterocycles. The molecule has 0 aliphatic carbocycles. The Morgan fingerprint density at radius 3 is 2.44 bits per heavy atom. The van der Waals surface area contributed by atoms with Crippen molar-refractivity contribution in [3.8, 4) is 23.4 Å². The van der Waals surface area contributed by atoms with Crippen LogP contribution in [0.2, 0.25) is 0 Å². The van der Waals surface area contributed by atoms with Crippen LogP contribution >= 0.6 is 0 Å².